The van der Waals surface area contributed by atoms with Crippen molar-refractivity contribution in [2.24, 2.45) is 5.10 Å². The van der Waals surface area contributed by atoms with Gasteiger partial charge in [0.05, 0.1) is 6.21 Å². The fourth-order valence-electron chi connectivity index (χ4n) is 2.08. The van der Waals surface area contributed by atoms with Crippen LogP contribution < -0.4 is 14.9 Å². The maximum absolute atomic E-state index is 12.1. The van der Waals surface area contributed by atoms with Crippen molar-refractivity contribution >= 4 is 23.9 Å². The first-order valence-corrected chi connectivity index (χ1v) is 8.34. The third kappa shape index (κ3) is 3.84. The van der Waals surface area contributed by atoms with E-state index < -0.39 is 6.10 Å². The van der Waals surface area contributed by atoms with Gasteiger partial charge in [0.15, 0.2) is 11.5 Å². The van der Waals surface area contributed by atoms with E-state index in [1.807, 2.05) is 42.7 Å². The number of amides is 1. The van der Waals surface area contributed by atoms with Crippen LogP contribution in [-0.4, -0.2) is 31.1 Å². The molecule has 3 rings (SSSR count). The number of hydrogen-bond acceptors (Lipinski definition) is 5. The van der Waals surface area contributed by atoms with Crippen LogP contribution in [0.25, 0.3) is 0 Å². The smallest absolute Gasteiger partial charge is 0.284 e. The van der Waals surface area contributed by atoms with Gasteiger partial charge in [0.25, 0.3) is 5.91 Å². The van der Waals surface area contributed by atoms with Crippen molar-refractivity contribution in [1.82, 2.24) is 5.43 Å². The minimum atomic E-state index is -0.707. The van der Waals surface area contributed by atoms with Crippen LogP contribution in [0, 0.1) is 0 Å². The highest BCUT2D eigenvalue weighted by molar-refractivity contribution is 7.98. The summed E-state index contributed by atoms with van der Waals surface area (Å²) in [6.07, 6.45) is 2.91. The molecule has 2 aromatic carbocycles. The molecule has 1 aliphatic heterocycles. The van der Waals surface area contributed by atoms with E-state index in [4.69, 9.17) is 9.47 Å². The second-order valence-electron chi connectivity index (χ2n) is 4.87. The molecule has 0 fully saturated rings. The quantitative estimate of drug-likeness (QED) is 0.532. The van der Waals surface area contributed by atoms with Gasteiger partial charge in [0, 0.05) is 4.90 Å². The number of benzene rings is 2. The first-order valence-electron chi connectivity index (χ1n) is 7.12. The lowest BCUT2D eigenvalue weighted by Crippen LogP contribution is -2.42. The van der Waals surface area contributed by atoms with E-state index in [1.54, 1.807) is 30.1 Å². The number of fused-ring (bicyclic) bond motifs is 1. The van der Waals surface area contributed by atoms with Crippen LogP contribution in [0.15, 0.2) is 58.5 Å². The average Bonchev–Trinajstić information content (AvgIpc) is 2.61. The lowest BCUT2D eigenvalue weighted by molar-refractivity contribution is -0.130. The summed E-state index contributed by atoms with van der Waals surface area (Å²) in [5.41, 5.74) is 3.39. The summed E-state index contributed by atoms with van der Waals surface area (Å²) in [5.74, 6) is 0.876. The summed E-state index contributed by atoms with van der Waals surface area (Å²) in [4.78, 5) is 13.2. The number of nitrogens with one attached hydrogen (secondary N) is 1. The zero-order chi connectivity index (χ0) is 16.1. The maximum atomic E-state index is 12.1. The minimum Gasteiger partial charge on any atom is -0.485 e. The van der Waals surface area contributed by atoms with Crippen molar-refractivity contribution < 1.29 is 14.3 Å². The van der Waals surface area contributed by atoms with E-state index in [-0.39, 0.29) is 12.5 Å². The van der Waals surface area contributed by atoms with Gasteiger partial charge in [-0.25, -0.2) is 5.43 Å². The van der Waals surface area contributed by atoms with E-state index in [2.05, 4.69) is 10.5 Å². The Kier molecular flexibility index (Phi) is 4.83. The van der Waals surface area contributed by atoms with E-state index in [1.165, 1.54) is 4.90 Å². The SMILES string of the molecule is CSc1ccc(/C=N/NC(=O)C2COc3ccccc3O2)cc1. The fraction of sp³-hybridized carbons (Fsp3) is 0.176. The number of carbonyl (C=O) groups is 1. The van der Waals surface area contributed by atoms with E-state index in [0.717, 1.165) is 5.56 Å². The number of rotatable bonds is 4. The Morgan fingerprint density at radius 2 is 1.96 bits per heavy atom. The Morgan fingerprint density at radius 1 is 1.22 bits per heavy atom. The van der Waals surface area contributed by atoms with Crippen LogP contribution in [0.5, 0.6) is 11.5 Å². The van der Waals surface area contributed by atoms with E-state index in [9.17, 15) is 4.79 Å². The molecular formula is C17H16N2O3S. The van der Waals surface area contributed by atoms with Crippen LogP contribution in [0.4, 0.5) is 0 Å². The Hall–Kier alpha value is -2.47. The Labute approximate surface area is 138 Å². The lowest BCUT2D eigenvalue weighted by atomic mass is 10.2. The molecule has 2 aromatic rings. The summed E-state index contributed by atoms with van der Waals surface area (Å²) in [5, 5.41) is 3.96. The van der Waals surface area contributed by atoms with E-state index >= 15 is 0 Å². The third-order valence-corrected chi connectivity index (χ3v) is 4.05. The van der Waals surface area contributed by atoms with E-state index in [0.29, 0.717) is 11.5 Å². The standard InChI is InChI=1S/C17H16N2O3S/c1-23-13-8-6-12(7-9-13)10-18-19-17(20)16-11-21-14-4-2-3-5-15(14)22-16/h2-10,16H,11H2,1H3,(H,19,20)/b18-10+. The van der Waals surface area contributed by atoms with Gasteiger partial charge >= 0.3 is 0 Å². The summed E-state index contributed by atoms with van der Waals surface area (Å²) in [6, 6.07) is 15.2. The van der Waals surface area contributed by atoms with Crippen LogP contribution in [-0.2, 0) is 4.79 Å². The molecule has 1 unspecified atom stereocenters. The van der Waals surface area contributed by atoms with Crippen LogP contribution in [0.3, 0.4) is 0 Å². The van der Waals surface area contributed by atoms with Crippen molar-refractivity contribution in [3.8, 4) is 11.5 Å². The number of thioether (sulfide) groups is 1. The monoisotopic (exact) mass is 328 g/mol. The molecule has 0 spiro atoms. The Morgan fingerprint density at radius 3 is 2.70 bits per heavy atom. The van der Waals surface area contributed by atoms with Gasteiger partial charge in [0.1, 0.15) is 6.61 Å². The van der Waals surface area contributed by atoms with Gasteiger partial charge in [-0.05, 0) is 36.1 Å². The van der Waals surface area contributed by atoms with Crippen molar-refractivity contribution in [1.29, 1.82) is 0 Å². The molecule has 0 saturated heterocycles. The van der Waals surface area contributed by atoms with Crippen LogP contribution in [0.1, 0.15) is 5.56 Å². The topological polar surface area (TPSA) is 59.9 Å². The zero-order valence-electron chi connectivity index (χ0n) is 12.6. The average molecular weight is 328 g/mol. The molecule has 0 aliphatic carbocycles. The summed E-state index contributed by atoms with van der Waals surface area (Å²) < 4.78 is 11.1. The van der Waals surface area contributed by atoms with Gasteiger partial charge in [-0.15, -0.1) is 11.8 Å². The predicted octanol–water partition coefficient (Wildman–Crippen LogP) is 2.70. The number of nitrogens with zero attached hydrogens (tertiary/aromatic N) is 1. The molecular weight excluding hydrogens is 312 g/mol. The molecule has 1 atom stereocenters. The predicted molar refractivity (Wildman–Crippen MR) is 90.3 cm³/mol. The van der Waals surface area contributed by atoms with Crippen LogP contribution >= 0.6 is 11.8 Å². The highest BCUT2D eigenvalue weighted by atomic mass is 32.2. The molecule has 23 heavy (non-hydrogen) atoms. The highest BCUT2D eigenvalue weighted by Crippen LogP contribution is 2.30. The third-order valence-electron chi connectivity index (χ3n) is 3.31. The minimum absolute atomic E-state index is 0.167. The zero-order valence-corrected chi connectivity index (χ0v) is 13.4. The summed E-state index contributed by atoms with van der Waals surface area (Å²) in [6.45, 7) is 0.167. The number of hydrazone groups is 1. The molecule has 5 nitrogen and oxygen atoms in total. The van der Waals surface area contributed by atoms with Crippen molar-refractivity contribution in [3.63, 3.8) is 0 Å². The molecule has 0 saturated carbocycles. The molecule has 0 aromatic heterocycles. The molecule has 0 bridgehead atoms. The Balaban J connectivity index is 1.56. The largest absolute Gasteiger partial charge is 0.485 e. The van der Waals surface area contributed by atoms with Crippen molar-refractivity contribution in [2.75, 3.05) is 12.9 Å². The molecule has 1 N–H and O–H groups in total. The van der Waals surface area contributed by atoms with Crippen LogP contribution in [0.2, 0.25) is 0 Å². The number of hydrogen-bond donors (Lipinski definition) is 1. The van der Waals surface area contributed by atoms with Gasteiger partial charge in [-0.3, -0.25) is 4.79 Å². The number of para-hydroxylation sites is 2. The Bertz CT molecular complexity index is 716. The second kappa shape index (κ2) is 7.19. The van der Waals surface area contributed by atoms with Gasteiger partial charge in [0.2, 0.25) is 6.10 Å². The molecule has 0 radical (unpaired) electrons. The summed E-state index contributed by atoms with van der Waals surface area (Å²) >= 11 is 1.67. The first kappa shape index (κ1) is 15.4. The molecule has 1 heterocycles. The van der Waals surface area contributed by atoms with Gasteiger partial charge in [-0.2, -0.15) is 5.10 Å². The normalized spacial score (nSPS) is 16.3. The van der Waals surface area contributed by atoms with Gasteiger partial charge < -0.3 is 9.47 Å². The maximum Gasteiger partial charge on any atom is 0.284 e. The molecule has 6 heteroatoms. The number of ether oxygens (including phenoxy) is 2. The lowest BCUT2D eigenvalue weighted by Gasteiger charge is -2.24. The van der Waals surface area contributed by atoms with Gasteiger partial charge in [-0.1, -0.05) is 24.3 Å². The molecule has 1 aliphatic rings. The first-order chi connectivity index (χ1) is 11.3. The van der Waals surface area contributed by atoms with Crippen molar-refractivity contribution in [2.45, 2.75) is 11.0 Å². The second-order valence-corrected chi connectivity index (χ2v) is 5.75. The van der Waals surface area contributed by atoms with Crippen molar-refractivity contribution in [3.05, 3.63) is 54.1 Å². The highest BCUT2D eigenvalue weighted by Gasteiger charge is 2.26. The fourth-order valence-corrected chi connectivity index (χ4v) is 2.49. The molecule has 118 valence electrons. The summed E-state index contributed by atoms with van der Waals surface area (Å²) in [7, 11) is 0. The molecule has 1 amide bonds. The number of carbonyl (C=O) groups excluding carboxylic acids is 1.